The summed E-state index contributed by atoms with van der Waals surface area (Å²) in [6.45, 7) is 12.5. The van der Waals surface area contributed by atoms with Crippen LogP contribution in [0.1, 0.15) is 118 Å². The molecular weight excluding hydrogens is 604 g/mol. The monoisotopic (exact) mass is 664 g/mol. The van der Waals surface area contributed by atoms with E-state index in [-0.39, 0.29) is 28.8 Å². The summed E-state index contributed by atoms with van der Waals surface area (Å²) in [7, 11) is 0. The van der Waals surface area contributed by atoms with Crippen LogP contribution in [0, 0.1) is 52.3 Å². The van der Waals surface area contributed by atoms with Gasteiger partial charge in [-0.1, -0.05) is 97.1 Å². The highest BCUT2D eigenvalue weighted by molar-refractivity contribution is 5.98. The van der Waals surface area contributed by atoms with Gasteiger partial charge in [-0.25, -0.2) is 0 Å². The van der Waals surface area contributed by atoms with E-state index in [2.05, 4.69) is 83.1 Å². The Kier molecular flexibility index (Phi) is 9.90. The molecule has 0 saturated heterocycles. The number of hydrogen-bond acceptors (Lipinski definition) is 4. The largest absolute Gasteiger partial charge is 0.494 e. The van der Waals surface area contributed by atoms with Crippen LogP contribution in [-0.2, 0) is 14.3 Å². The van der Waals surface area contributed by atoms with Gasteiger partial charge in [0.05, 0.1) is 6.61 Å². The Bertz CT molecular complexity index is 1660. The van der Waals surface area contributed by atoms with Crippen molar-refractivity contribution < 1.29 is 19.1 Å². The molecule has 4 aliphatic rings. The molecule has 4 heteroatoms. The molecule has 3 aromatic carbocycles. The second-order valence-electron chi connectivity index (χ2n) is 17.6. The van der Waals surface area contributed by atoms with Crippen LogP contribution in [0.4, 0.5) is 0 Å². The van der Waals surface area contributed by atoms with Crippen LogP contribution in [0.5, 0.6) is 5.75 Å². The maximum Gasteiger partial charge on any atom is 0.306 e. The predicted molar refractivity (Wildman–Crippen MR) is 200 cm³/mol. The third-order valence-electron chi connectivity index (χ3n) is 14.3. The van der Waals surface area contributed by atoms with E-state index in [9.17, 15) is 9.59 Å². The van der Waals surface area contributed by atoms with E-state index in [0.29, 0.717) is 60.7 Å². The number of ether oxygens (including phenoxy) is 2. The Morgan fingerprint density at radius 1 is 0.837 bits per heavy atom. The first-order valence-electron chi connectivity index (χ1n) is 19.8. The highest BCUT2D eigenvalue weighted by Gasteiger charge is 2.64. The number of carbonyl (C=O) groups is 2. The zero-order valence-corrected chi connectivity index (χ0v) is 30.8. The SMILES string of the molecule is CC(C)CCC[C@@H](C)[C@H]1C(OC(=O)CCCOc2ccc3cc4ccccc4cc3c2)C[C@H]2[C@@H]3CC(=O)C4CCCC[C@]4(C)[C@H]3CC[C@]12C. The Hall–Kier alpha value is -2.88. The van der Waals surface area contributed by atoms with Gasteiger partial charge in [-0.3, -0.25) is 9.59 Å². The summed E-state index contributed by atoms with van der Waals surface area (Å²) in [5.74, 6) is 4.63. The standard InChI is InChI=1S/C45H60O4/c1-29(2)12-10-13-30(3)43-41(28-39-36-27-40(46)38-16-8-9-21-44(38,4)37(36)20-22-45(39,43)5)49-42(47)17-11-23-48-35-19-18-33-24-31-14-6-7-15-32(31)25-34(33)26-35/h6-7,14-15,18-19,24-26,29-30,36-39,41,43H,8-13,16-17,20-23,27-28H2,1-5H3/t30-,36-,37+,38?,39+,41?,43+,44-,45+/m1/s1. The summed E-state index contributed by atoms with van der Waals surface area (Å²) in [5.41, 5.74) is 0.275. The number of ketones is 1. The normalized spacial score (nSPS) is 33.2. The average Bonchev–Trinajstić information content (AvgIpc) is 3.37. The average molecular weight is 665 g/mol. The van der Waals surface area contributed by atoms with Gasteiger partial charge in [0.25, 0.3) is 0 Å². The van der Waals surface area contributed by atoms with Crippen LogP contribution >= 0.6 is 0 Å². The van der Waals surface area contributed by atoms with E-state index in [4.69, 9.17) is 9.47 Å². The van der Waals surface area contributed by atoms with Crippen molar-refractivity contribution >= 4 is 33.3 Å². The predicted octanol–water partition coefficient (Wildman–Crippen LogP) is 11.4. The molecule has 0 amide bonds. The molecule has 49 heavy (non-hydrogen) atoms. The van der Waals surface area contributed by atoms with Crippen molar-refractivity contribution in [2.75, 3.05) is 6.61 Å². The smallest absolute Gasteiger partial charge is 0.306 e. The van der Waals surface area contributed by atoms with Gasteiger partial charge in [0, 0.05) is 24.7 Å². The first-order valence-corrected chi connectivity index (χ1v) is 19.8. The number of rotatable bonds is 11. The number of benzene rings is 3. The third-order valence-corrected chi connectivity index (χ3v) is 14.3. The van der Waals surface area contributed by atoms with E-state index in [1.54, 1.807) is 0 Å². The van der Waals surface area contributed by atoms with Crippen LogP contribution in [0.25, 0.3) is 21.5 Å². The van der Waals surface area contributed by atoms with E-state index in [0.717, 1.165) is 30.4 Å². The zero-order chi connectivity index (χ0) is 34.3. The second kappa shape index (κ2) is 14.0. The Labute approximate surface area is 295 Å². The summed E-state index contributed by atoms with van der Waals surface area (Å²) in [6.07, 6.45) is 13.5. The van der Waals surface area contributed by atoms with Gasteiger partial charge in [-0.15, -0.1) is 0 Å². The van der Waals surface area contributed by atoms with E-state index in [1.807, 2.05) is 6.07 Å². The number of carbonyl (C=O) groups excluding carboxylic acids is 2. The lowest BCUT2D eigenvalue weighted by Crippen LogP contribution is -2.56. The minimum absolute atomic E-state index is 0.0569. The first-order chi connectivity index (χ1) is 23.6. The van der Waals surface area contributed by atoms with E-state index in [1.165, 1.54) is 67.5 Å². The molecule has 0 heterocycles. The fourth-order valence-corrected chi connectivity index (χ4v) is 11.9. The fraction of sp³-hybridized carbons (Fsp3) is 0.644. The summed E-state index contributed by atoms with van der Waals surface area (Å²) < 4.78 is 12.7. The number of esters is 1. The van der Waals surface area contributed by atoms with Crippen LogP contribution in [-0.4, -0.2) is 24.5 Å². The van der Waals surface area contributed by atoms with Crippen molar-refractivity contribution in [3.8, 4) is 5.75 Å². The lowest BCUT2D eigenvalue weighted by molar-refractivity contribution is -0.155. The number of hydrogen-bond donors (Lipinski definition) is 0. The first kappa shape index (κ1) is 34.6. The highest BCUT2D eigenvalue weighted by atomic mass is 16.5. The fourth-order valence-electron chi connectivity index (χ4n) is 11.9. The van der Waals surface area contributed by atoms with Crippen molar-refractivity contribution in [3.63, 3.8) is 0 Å². The van der Waals surface area contributed by atoms with Crippen LogP contribution in [0.3, 0.4) is 0 Å². The van der Waals surface area contributed by atoms with Gasteiger partial charge in [-0.05, 0) is 125 Å². The minimum atomic E-state index is -0.0872. The number of fused-ring (bicyclic) bond motifs is 7. The van der Waals surface area contributed by atoms with Gasteiger partial charge >= 0.3 is 5.97 Å². The van der Waals surface area contributed by atoms with Crippen LogP contribution in [0.15, 0.2) is 54.6 Å². The lowest BCUT2D eigenvalue weighted by atomic mass is 9.44. The quantitative estimate of drug-likeness (QED) is 0.116. The van der Waals surface area contributed by atoms with Crippen molar-refractivity contribution in [2.24, 2.45) is 52.3 Å². The molecule has 2 unspecified atom stereocenters. The Morgan fingerprint density at radius 3 is 2.37 bits per heavy atom. The molecule has 4 nitrogen and oxygen atoms in total. The van der Waals surface area contributed by atoms with Gasteiger partial charge in [0.1, 0.15) is 17.6 Å². The molecule has 3 aromatic rings. The van der Waals surface area contributed by atoms with Crippen molar-refractivity contribution in [1.82, 2.24) is 0 Å². The highest BCUT2D eigenvalue weighted by Crippen LogP contribution is 2.68. The molecule has 7 rings (SSSR count). The molecule has 0 radical (unpaired) electrons. The van der Waals surface area contributed by atoms with Crippen molar-refractivity contribution in [1.29, 1.82) is 0 Å². The van der Waals surface area contributed by atoms with Gasteiger partial charge < -0.3 is 9.47 Å². The Morgan fingerprint density at radius 2 is 1.59 bits per heavy atom. The Balaban J connectivity index is 1.01. The molecule has 0 bridgehead atoms. The van der Waals surface area contributed by atoms with Gasteiger partial charge in [0.15, 0.2) is 0 Å². The molecule has 0 aliphatic heterocycles. The summed E-state index contributed by atoms with van der Waals surface area (Å²) in [5, 5.41) is 4.82. The van der Waals surface area contributed by atoms with Gasteiger partial charge in [-0.2, -0.15) is 0 Å². The molecule has 4 aliphatic carbocycles. The zero-order valence-electron chi connectivity index (χ0n) is 30.8. The summed E-state index contributed by atoms with van der Waals surface area (Å²) in [6, 6.07) is 19.1. The molecule has 0 spiro atoms. The molecule has 9 atom stereocenters. The van der Waals surface area contributed by atoms with Crippen molar-refractivity contribution in [3.05, 3.63) is 54.6 Å². The molecular formula is C45H60O4. The molecule has 0 aromatic heterocycles. The van der Waals surface area contributed by atoms with Crippen LogP contribution < -0.4 is 4.74 Å². The van der Waals surface area contributed by atoms with Crippen LogP contribution in [0.2, 0.25) is 0 Å². The number of Topliss-reactive ketones (excluding diaryl/α,β-unsaturated/α-hetero) is 1. The van der Waals surface area contributed by atoms with E-state index >= 15 is 0 Å². The maximum absolute atomic E-state index is 13.7. The maximum atomic E-state index is 13.7. The summed E-state index contributed by atoms with van der Waals surface area (Å²) >= 11 is 0. The van der Waals surface area contributed by atoms with Crippen molar-refractivity contribution in [2.45, 2.75) is 124 Å². The molecule has 0 N–H and O–H groups in total. The van der Waals surface area contributed by atoms with Gasteiger partial charge in [0.2, 0.25) is 0 Å². The summed E-state index contributed by atoms with van der Waals surface area (Å²) in [4.78, 5) is 27.3. The minimum Gasteiger partial charge on any atom is -0.494 e. The molecule has 4 fully saturated rings. The molecule has 4 saturated carbocycles. The topological polar surface area (TPSA) is 52.6 Å². The molecule has 264 valence electrons. The third kappa shape index (κ3) is 6.67. The van der Waals surface area contributed by atoms with E-state index < -0.39 is 0 Å². The lowest BCUT2D eigenvalue weighted by Gasteiger charge is -2.60. The second-order valence-corrected chi connectivity index (χ2v) is 17.6.